The minimum atomic E-state index is 0.476. The van der Waals surface area contributed by atoms with Gasteiger partial charge in [0.1, 0.15) is 0 Å². The molecule has 1 saturated carbocycles. The molecule has 2 heteroatoms. The summed E-state index contributed by atoms with van der Waals surface area (Å²) >= 11 is 5.95. The van der Waals surface area contributed by atoms with E-state index in [1.807, 2.05) is 0 Å². The van der Waals surface area contributed by atoms with Gasteiger partial charge >= 0.3 is 0 Å². The van der Waals surface area contributed by atoms with Crippen LogP contribution in [0.25, 0.3) is 0 Å². The number of halogens is 1. The molecule has 0 aromatic carbocycles. The van der Waals surface area contributed by atoms with Crippen LogP contribution in [-0.2, 0) is 0 Å². The van der Waals surface area contributed by atoms with Gasteiger partial charge in [0.25, 0.3) is 0 Å². The Morgan fingerprint density at radius 3 is 2.50 bits per heavy atom. The number of rotatable bonds is 6. The van der Waals surface area contributed by atoms with E-state index in [0.717, 1.165) is 11.8 Å². The lowest BCUT2D eigenvalue weighted by Gasteiger charge is -2.34. The normalized spacial score (nSPS) is 27.0. The standard InChI is InChI=1S/C12H24ClN/c1-10(2)5-4-6-14(3)9-11-7-12(13)8-11/h10-12H,4-9H2,1-3H3. The fourth-order valence-corrected chi connectivity index (χ4v) is 2.61. The van der Waals surface area contributed by atoms with Gasteiger partial charge in [-0.3, -0.25) is 0 Å². The average Bonchev–Trinajstić information content (AvgIpc) is 2.00. The molecule has 0 saturated heterocycles. The second-order valence-electron chi connectivity index (χ2n) is 5.23. The molecule has 1 nitrogen and oxygen atoms in total. The number of hydrogen-bond donors (Lipinski definition) is 0. The Morgan fingerprint density at radius 2 is 2.00 bits per heavy atom. The van der Waals surface area contributed by atoms with Crippen LogP contribution in [0.2, 0.25) is 0 Å². The summed E-state index contributed by atoms with van der Waals surface area (Å²) in [6, 6.07) is 0. The zero-order valence-corrected chi connectivity index (χ0v) is 10.6. The van der Waals surface area contributed by atoms with E-state index in [2.05, 4.69) is 25.8 Å². The molecule has 0 aromatic rings. The third-order valence-electron chi connectivity index (χ3n) is 3.07. The summed E-state index contributed by atoms with van der Waals surface area (Å²) in [4.78, 5) is 2.47. The highest BCUT2D eigenvalue weighted by atomic mass is 35.5. The molecule has 0 spiro atoms. The Balaban J connectivity index is 1.96. The summed E-state index contributed by atoms with van der Waals surface area (Å²) in [7, 11) is 2.24. The first-order chi connectivity index (χ1) is 6.58. The van der Waals surface area contributed by atoms with Gasteiger partial charge in [0.15, 0.2) is 0 Å². The van der Waals surface area contributed by atoms with E-state index in [4.69, 9.17) is 11.6 Å². The monoisotopic (exact) mass is 217 g/mol. The number of hydrogen-bond acceptors (Lipinski definition) is 1. The van der Waals surface area contributed by atoms with Crippen molar-refractivity contribution in [3.05, 3.63) is 0 Å². The maximum atomic E-state index is 5.95. The van der Waals surface area contributed by atoms with E-state index in [1.54, 1.807) is 0 Å². The van der Waals surface area contributed by atoms with Crippen LogP contribution in [-0.4, -0.2) is 30.4 Å². The van der Waals surface area contributed by atoms with Gasteiger partial charge < -0.3 is 4.90 Å². The zero-order valence-electron chi connectivity index (χ0n) is 9.80. The minimum Gasteiger partial charge on any atom is -0.306 e. The molecule has 0 N–H and O–H groups in total. The van der Waals surface area contributed by atoms with Crippen LogP contribution < -0.4 is 0 Å². The van der Waals surface area contributed by atoms with Crippen molar-refractivity contribution in [2.45, 2.75) is 44.9 Å². The van der Waals surface area contributed by atoms with Crippen LogP contribution in [0.5, 0.6) is 0 Å². The summed E-state index contributed by atoms with van der Waals surface area (Å²) < 4.78 is 0. The van der Waals surface area contributed by atoms with Crippen molar-refractivity contribution in [3.63, 3.8) is 0 Å². The van der Waals surface area contributed by atoms with Crippen LogP contribution in [0.4, 0.5) is 0 Å². The van der Waals surface area contributed by atoms with E-state index in [9.17, 15) is 0 Å². The first-order valence-electron chi connectivity index (χ1n) is 5.90. The van der Waals surface area contributed by atoms with Gasteiger partial charge in [0.2, 0.25) is 0 Å². The molecular formula is C12H24ClN. The van der Waals surface area contributed by atoms with Crippen molar-refractivity contribution in [1.82, 2.24) is 4.90 Å². The largest absolute Gasteiger partial charge is 0.306 e. The first kappa shape index (κ1) is 12.3. The van der Waals surface area contributed by atoms with Crippen molar-refractivity contribution in [2.75, 3.05) is 20.1 Å². The van der Waals surface area contributed by atoms with E-state index in [1.165, 1.54) is 38.8 Å². The first-order valence-corrected chi connectivity index (χ1v) is 6.34. The maximum absolute atomic E-state index is 5.95. The molecule has 0 radical (unpaired) electrons. The van der Waals surface area contributed by atoms with E-state index >= 15 is 0 Å². The fraction of sp³-hybridized carbons (Fsp3) is 1.00. The van der Waals surface area contributed by atoms with Crippen LogP contribution in [0.3, 0.4) is 0 Å². The van der Waals surface area contributed by atoms with Crippen molar-refractivity contribution in [3.8, 4) is 0 Å². The Kier molecular flexibility index (Phi) is 5.25. The molecule has 0 unspecified atom stereocenters. The highest BCUT2D eigenvalue weighted by molar-refractivity contribution is 6.21. The molecule has 0 aromatic heterocycles. The Hall–Kier alpha value is 0.250. The Bertz CT molecular complexity index is 152. The van der Waals surface area contributed by atoms with Crippen molar-refractivity contribution in [2.24, 2.45) is 11.8 Å². The van der Waals surface area contributed by atoms with Crippen molar-refractivity contribution < 1.29 is 0 Å². The van der Waals surface area contributed by atoms with Gasteiger partial charge in [0.05, 0.1) is 0 Å². The quantitative estimate of drug-likeness (QED) is 0.617. The van der Waals surface area contributed by atoms with Gasteiger partial charge in [-0.2, -0.15) is 0 Å². The highest BCUT2D eigenvalue weighted by Gasteiger charge is 2.27. The molecule has 84 valence electrons. The van der Waals surface area contributed by atoms with E-state index in [0.29, 0.717) is 5.38 Å². The lowest BCUT2D eigenvalue weighted by Crippen LogP contribution is -2.35. The Morgan fingerprint density at radius 1 is 1.36 bits per heavy atom. The van der Waals surface area contributed by atoms with E-state index < -0.39 is 0 Å². The van der Waals surface area contributed by atoms with Gasteiger partial charge in [-0.1, -0.05) is 13.8 Å². The maximum Gasteiger partial charge on any atom is 0.0342 e. The predicted octanol–water partition coefficient (Wildman–Crippen LogP) is 3.37. The van der Waals surface area contributed by atoms with Gasteiger partial charge in [-0.05, 0) is 51.1 Å². The lowest BCUT2D eigenvalue weighted by molar-refractivity contribution is 0.205. The fourth-order valence-electron chi connectivity index (χ4n) is 2.10. The third kappa shape index (κ3) is 4.65. The molecule has 0 atom stereocenters. The number of nitrogens with zero attached hydrogens (tertiary/aromatic N) is 1. The number of alkyl halides is 1. The average molecular weight is 218 g/mol. The molecule has 1 aliphatic rings. The van der Waals surface area contributed by atoms with Crippen LogP contribution in [0.15, 0.2) is 0 Å². The summed E-state index contributed by atoms with van der Waals surface area (Å²) in [6.45, 7) is 7.09. The molecule has 14 heavy (non-hydrogen) atoms. The zero-order chi connectivity index (χ0) is 10.6. The predicted molar refractivity (Wildman–Crippen MR) is 63.9 cm³/mol. The summed E-state index contributed by atoms with van der Waals surface area (Å²) in [5, 5.41) is 0.476. The smallest absolute Gasteiger partial charge is 0.0342 e. The lowest BCUT2D eigenvalue weighted by atomic mass is 9.84. The molecule has 0 bridgehead atoms. The second kappa shape index (κ2) is 5.97. The third-order valence-corrected chi connectivity index (χ3v) is 3.43. The summed E-state index contributed by atoms with van der Waals surface area (Å²) in [6.07, 6.45) is 5.16. The molecule has 1 fully saturated rings. The molecule has 0 heterocycles. The summed E-state index contributed by atoms with van der Waals surface area (Å²) in [5.41, 5.74) is 0. The van der Waals surface area contributed by atoms with Gasteiger partial charge in [-0.15, -0.1) is 11.6 Å². The van der Waals surface area contributed by atoms with Gasteiger partial charge in [0, 0.05) is 11.9 Å². The minimum absolute atomic E-state index is 0.476. The van der Waals surface area contributed by atoms with Crippen molar-refractivity contribution >= 4 is 11.6 Å². The molecule has 1 rings (SSSR count). The topological polar surface area (TPSA) is 3.24 Å². The Labute approximate surface area is 93.8 Å². The molecule has 0 aliphatic heterocycles. The van der Waals surface area contributed by atoms with Gasteiger partial charge in [-0.25, -0.2) is 0 Å². The SMILES string of the molecule is CC(C)CCCN(C)CC1CC(Cl)C1. The summed E-state index contributed by atoms with van der Waals surface area (Å²) in [5.74, 6) is 1.72. The van der Waals surface area contributed by atoms with E-state index in [-0.39, 0.29) is 0 Å². The van der Waals surface area contributed by atoms with Crippen LogP contribution in [0, 0.1) is 11.8 Å². The second-order valence-corrected chi connectivity index (χ2v) is 5.85. The molecule has 0 amide bonds. The molecular weight excluding hydrogens is 194 g/mol. The molecule has 1 aliphatic carbocycles. The van der Waals surface area contributed by atoms with Crippen LogP contribution in [0.1, 0.15) is 39.5 Å². The van der Waals surface area contributed by atoms with Crippen LogP contribution >= 0.6 is 11.6 Å². The van der Waals surface area contributed by atoms with Crippen molar-refractivity contribution in [1.29, 1.82) is 0 Å². The highest BCUT2D eigenvalue weighted by Crippen LogP contribution is 2.32.